The molecule has 0 aliphatic rings. The van der Waals surface area contributed by atoms with Gasteiger partial charge in [0, 0.05) is 12.3 Å². The maximum absolute atomic E-state index is 5.78. The number of anilines is 1. The van der Waals surface area contributed by atoms with Gasteiger partial charge in [-0.3, -0.25) is 4.40 Å². The number of nitrogens with zero attached hydrogens (tertiary/aromatic N) is 4. The zero-order valence-corrected chi connectivity index (χ0v) is 9.40. The molecule has 3 heterocycles. The highest BCUT2D eigenvalue weighted by Crippen LogP contribution is 2.32. The van der Waals surface area contributed by atoms with E-state index in [9.17, 15) is 0 Å². The van der Waals surface area contributed by atoms with E-state index in [0.29, 0.717) is 0 Å². The first-order valence-electron chi connectivity index (χ1n) is 4.77. The Morgan fingerprint density at radius 2 is 2.25 bits per heavy atom. The first-order valence-corrected chi connectivity index (χ1v) is 5.58. The van der Waals surface area contributed by atoms with Gasteiger partial charge in [-0.25, -0.2) is 4.98 Å². The summed E-state index contributed by atoms with van der Waals surface area (Å²) in [7, 11) is 0. The molecule has 80 valence electrons. The van der Waals surface area contributed by atoms with Crippen LogP contribution in [0, 0.1) is 6.92 Å². The van der Waals surface area contributed by atoms with Gasteiger partial charge in [0.25, 0.3) is 0 Å². The molecule has 0 radical (unpaired) electrons. The van der Waals surface area contributed by atoms with Crippen molar-refractivity contribution in [1.82, 2.24) is 19.6 Å². The van der Waals surface area contributed by atoms with Gasteiger partial charge in [-0.05, 0) is 18.6 Å². The molecule has 0 spiro atoms. The van der Waals surface area contributed by atoms with E-state index >= 15 is 0 Å². The Morgan fingerprint density at radius 3 is 3.00 bits per heavy atom. The molecule has 0 bridgehead atoms. The van der Waals surface area contributed by atoms with Gasteiger partial charge in [-0.1, -0.05) is 0 Å². The molecule has 0 amide bonds. The molecule has 3 aromatic heterocycles. The summed E-state index contributed by atoms with van der Waals surface area (Å²) in [5.74, 6) is 0.794. The number of aryl methyl sites for hydroxylation is 1. The maximum atomic E-state index is 5.78. The van der Waals surface area contributed by atoms with E-state index in [1.807, 2.05) is 23.5 Å². The summed E-state index contributed by atoms with van der Waals surface area (Å²) in [4.78, 5) is 5.10. The van der Waals surface area contributed by atoms with Crippen molar-refractivity contribution in [2.45, 2.75) is 6.92 Å². The van der Waals surface area contributed by atoms with E-state index in [1.165, 1.54) is 11.3 Å². The van der Waals surface area contributed by atoms with Gasteiger partial charge < -0.3 is 5.73 Å². The highest BCUT2D eigenvalue weighted by Gasteiger charge is 2.12. The number of nitrogen functional groups attached to an aromatic ring is 1. The van der Waals surface area contributed by atoms with Crippen molar-refractivity contribution < 1.29 is 0 Å². The maximum Gasteiger partial charge on any atom is 0.180 e. The molecule has 0 aromatic carbocycles. The fourth-order valence-corrected chi connectivity index (χ4v) is 2.55. The third-order valence-corrected chi connectivity index (χ3v) is 3.42. The molecule has 2 N–H and O–H groups in total. The highest BCUT2D eigenvalue weighted by molar-refractivity contribution is 7.19. The van der Waals surface area contributed by atoms with Gasteiger partial charge in [-0.2, -0.15) is 0 Å². The summed E-state index contributed by atoms with van der Waals surface area (Å²) in [5, 5.41) is 9.04. The lowest BCUT2D eigenvalue weighted by molar-refractivity contribution is 1.08. The number of rotatable bonds is 1. The predicted octanol–water partition coefficient (Wildman–Crippen LogP) is 1.74. The predicted molar refractivity (Wildman–Crippen MR) is 63.2 cm³/mol. The van der Waals surface area contributed by atoms with Crippen LogP contribution in [-0.4, -0.2) is 19.6 Å². The summed E-state index contributed by atoms with van der Waals surface area (Å²) >= 11 is 1.51. The first kappa shape index (κ1) is 9.29. The molecule has 6 heteroatoms. The SMILES string of the molecule is Cc1cc(N)sc1-c1nnc2ccncn12. The van der Waals surface area contributed by atoms with E-state index < -0.39 is 0 Å². The van der Waals surface area contributed by atoms with Gasteiger partial charge >= 0.3 is 0 Å². The molecule has 0 saturated heterocycles. The monoisotopic (exact) mass is 231 g/mol. The van der Waals surface area contributed by atoms with Crippen LogP contribution >= 0.6 is 11.3 Å². The minimum atomic E-state index is 0.785. The average molecular weight is 231 g/mol. The van der Waals surface area contributed by atoms with E-state index in [2.05, 4.69) is 15.2 Å². The van der Waals surface area contributed by atoms with Crippen LogP contribution in [0.3, 0.4) is 0 Å². The van der Waals surface area contributed by atoms with Gasteiger partial charge in [0.2, 0.25) is 0 Å². The molecular formula is C10H9N5S. The zero-order chi connectivity index (χ0) is 11.1. The van der Waals surface area contributed by atoms with Crippen LogP contribution in [0.2, 0.25) is 0 Å². The van der Waals surface area contributed by atoms with Crippen molar-refractivity contribution in [1.29, 1.82) is 0 Å². The third-order valence-electron chi connectivity index (χ3n) is 2.35. The summed E-state index contributed by atoms with van der Waals surface area (Å²) in [6.07, 6.45) is 3.41. The van der Waals surface area contributed by atoms with Crippen LogP contribution in [-0.2, 0) is 0 Å². The number of hydrogen-bond donors (Lipinski definition) is 1. The second-order valence-corrected chi connectivity index (χ2v) is 4.58. The van der Waals surface area contributed by atoms with Crippen LogP contribution in [0.1, 0.15) is 5.56 Å². The highest BCUT2D eigenvalue weighted by atomic mass is 32.1. The summed E-state index contributed by atoms with van der Waals surface area (Å²) in [5.41, 5.74) is 7.68. The van der Waals surface area contributed by atoms with Gasteiger partial charge in [0.05, 0.1) is 9.88 Å². The van der Waals surface area contributed by atoms with Crippen LogP contribution in [0.4, 0.5) is 5.00 Å². The van der Waals surface area contributed by atoms with Gasteiger partial charge in [0.1, 0.15) is 6.33 Å². The van der Waals surface area contributed by atoms with Crippen molar-refractivity contribution in [3.05, 3.63) is 30.2 Å². The molecular weight excluding hydrogens is 222 g/mol. The zero-order valence-electron chi connectivity index (χ0n) is 8.58. The topological polar surface area (TPSA) is 69.1 Å². The second-order valence-electron chi connectivity index (χ2n) is 3.49. The van der Waals surface area contributed by atoms with E-state index in [-0.39, 0.29) is 0 Å². The van der Waals surface area contributed by atoms with Crippen LogP contribution < -0.4 is 5.73 Å². The molecule has 3 aromatic rings. The molecule has 3 rings (SSSR count). The standard InChI is InChI=1S/C10H9N5S/c1-6-4-7(11)16-9(6)10-14-13-8-2-3-12-5-15(8)10/h2-5H,11H2,1H3. The fourth-order valence-electron chi connectivity index (χ4n) is 1.63. The molecule has 0 aliphatic carbocycles. The average Bonchev–Trinajstić information content (AvgIpc) is 2.81. The van der Waals surface area contributed by atoms with Crippen molar-refractivity contribution in [2.75, 3.05) is 5.73 Å². The Labute approximate surface area is 95.6 Å². The second kappa shape index (κ2) is 3.28. The molecule has 16 heavy (non-hydrogen) atoms. The van der Waals surface area contributed by atoms with Crippen molar-refractivity contribution in [2.24, 2.45) is 0 Å². The molecule has 5 nitrogen and oxygen atoms in total. The lowest BCUT2D eigenvalue weighted by atomic mass is 10.3. The van der Waals surface area contributed by atoms with E-state index in [4.69, 9.17) is 5.73 Å². The number of aromatic nitrogens is 4. The molecule has 0 fully saturated rings. The largest absolute Gasteiger partial charge is 0.391 e. The van der Waals surface area contributed by atoms with E-state index in [0.717, 1.165) is 26.9 Å². The molecule has 0 saturated carbocycles. The first-order chi connectivity index (χ1) is 7.75. The number of hydrogen-bond acceptors (Lipinski definition) is 5. The summed E-state index contributed by atoms with van der Waals surface area (Å²) in [6.45, 7) is 2.01. The quantitative estimate of drug-likeness (QED) is 0.692. The van der Waals surface area contributed by atoms with Crippen LogP contribution in [0.5, 0.6) is 0 Å². The van der Waals surface area contributed by atoms with E-state index in [1.54, 1.807) is 12.5 Å². The van der Waals surface area contributed by atoms with Crippen LogP contribution in [0.25, 0.3) is 16.3 Å². The van der Waals surface area contributed by atoms with Crippen molar-refractivity contribution in [3.63, 3.8) is 0 Å². The van der Waals surface area contributed by atoms with Crippen molar-refractivity contribution >= 4 is 22.0 Å². The van der Waals surface area contributed by atoms with Crippen molar-refractivity contribution in [3.8, 4) is 10.7 Å². The number of nitrogens with two attached hydrogens (primary N) is 1. The van der Waals surface area contributed by atoms with Gasteiger partial charge in [-0.15, -0.1) is 21.5 Å². The number of fused-ring (bicyclic) bond motifs is 1. The Morgan fingerprint density at radius 1 is 1.38 bits per heavy atom. The summed E-state index contributed by atoms with van der Waals surface area (Å²) in [6, 6.07) is 3.76. The molecule has 0 aliphatic heterocycles. The summed E-state index contributed by atoms with van der Waals surface area (Å²) < 4.78 is 1.86. The Hall–Kier alpha value is -1.95. The minimum absolute atomic E-state index is 0.785. The Kier molecular flexibility index (Phi) is 1.90. The minimum Gasteiger partial charge on any atom is -0.391 e. The smallest absolute Gasteiger partial charge is 0.180 e. The molecule has 0 atom stereocenters. The Balaban J connectivity index is 2.30. The third kappa shape index (κ3) is 1.27. The number of thiophene rings is 1. The van der Waals surface area contributed by atoms with Crippen LogP contribution in [0.15, 0.2) is 24.7 Å². The lowest BCUT2D eigenvalue weighted by Gasteiger charge is -1.96. The van der Waals surface area contributed by atoms with Gasteiger partial charge in [0.15, 0.2) is 11.5 Å². The Bertz CT molecular complexity index is 654. The fraction of sp³-hybridized carbons (Fsp3) is 0.100. The lowest BCUT2D eigenvalue weighted by Crippen LogP contribution is -1.89. The molecule has 0 unspecified atom stereocenters. The normalized spacial score (nSPS) is 11.1.